The topological polar surface area (TPSA) is 16.3 Å². The molecule has 21 rings (SSSR count). The Morgan fingerprint density at radius 2 is 0.513 bits per heavy atom. The molecule has 0 amide bonds. The molecule has 0 saturated carbocycles. The Morgan fingerprint density at radius 3 is 0.826 bits per heavy atom. The molecule has 0 spiro atoms. The first-order valence-electron chi connectivity index (χ1n) is 41.6. The number of rotatable bonds is 10. The summed E-state index contributed by atoms with van der Waals surface area (Å²) in [7, 11) is 0. The molecule has 115 heavy (non-hydrogen) atoms. The quantitative estimate of drug-likeness (QED) is 0.127. The van der Waals surface area contributed by atoms with Crippen molar-refractivity contribution in [2.24, 2.45) is 0 Å². The van der Waals surface area contributed by atoms with Gasteiger partial charge in [-0.25, -0.2) is 0 Å². The number of benzene rings is 15. The lowest BCUT2D eigenvalue weighted by Gasteiger charge is -2.45. The van der Waals surface area contributed by atoms with Gasteiger partial charge in [-0.05, 0) is 273 Å². The van der Waals surface area contributed by atoms with Gasteiger partial charge in [-0.15, -0.1) is 0 Å². The lowest BCUT2D eigenvalue weighted by atomic mass is 9.33. The van der Waals surface area contributed by atoms with E-state index >= 15 is 0 Å². The van der Waals surface area contributed by atoms with Crippen LogP contribution in [0.2, 0.25) is 0 Å². The zero-order chi connectivity index (χ0) is 78.2. The van der Waals surface area contributed by atoms with E-state index in [2.05, 4.69) is 423 Å². The molecule has 0 N–H and O–H groups in total. The van der Waals surface area contributed by atoms with Crippen LogP contribution in [0.3, 0.4) is 0 Å². The Labute approximate surface area is 677 Å². The van der Waals surface area contributed by atoms with Crippen molar-refractivity contribution in [1.82, 2.24) is 9.13 Å². The standard InChI is InChI=1S/C110H95BN4/c1-106(2,3)82-66-103-105-104(67-82)113(84-44-34-75(35-45-84)81-37-49-92-94(65-81)110(10,11)59-57-108(92,6)7)102-69-86(115-99-54-40-78(72-28-20-14-21-29-72)62-89(99)90-63-79(41-55-100(90)115)73-30-22-15-23-31-73)47-51-96(102)111(105)95-50-46-85(68-101(95)112(103)83-42-32-74(33-43-83)80-36-48-91-93(64-80)109(8,9)58-56-107(91,4)5)114-97-52-38-76(70-24-16-12-17-25-70)60-87(97)88-61-77(39-53-98(88)114)71-26-18-13-19-27-71/h12-55,60-69H,56-59H2,1-11H3. The maximum absolute atomic E-state index is 2.64. The minimum absolute atomic E-state index is 0.0759. The second-order valence-corrected chi connectivity index (χ2v) is 37.0. The summed E-state index contributed by atoms with van der Waals surface area (Å²) >= 11 is 0. The molecule has 2 aromatic heterocycles. The van der Waals surface area contributed by atoms with Gasteiger partial charge in [-0.1, -0.05) is 295 Å². The average molecular weight is 1480 g/mol. The number of hydrogen-bond acceptors (Lipinski definition) is 2. The van der Waals surface area contributed by atoms with E-state index in [-0.39, 0.29) is 33.8 Å². The molecule has 0 radical (unpaired) electrons. The van der Waals surface area contributed by atoms with Crippen LogP contribution in [0.1, 0.15) is 130 Å². The normalized spacial score (nSPS) is 15.5. The van der Waals surface area contributed by atoms with Crippen LogP contribution in [0.25, 0.3) is 122 Å². The summed E-state index contributed by atoms with van der Waals surface area (Å²) in [5.74, 6) is 0. The van der Waals surface area contributed by atoms with Crippen LogP contribution < -0.4 is 26.2 Å². The SMILES string of the molecule is CC(C)(C)c1cc2c3c(c1)N(c1ccc(-c4ccc5c(c4)C(C)(C)CCC5(C)C)cc1)c1cc(-n4c5ccc(-c6ccccc6)cc5c5cc(-c6ccccc6)ccc54)ccc1B3c1ccc(-n3c4ccc(-c5ccccc5)cc4c4cc(-c5ccccc5)ccc43)cc1N2c1ccc(-c2ccc3c(c2)C(C)(C)CCC3(C)C)cc1. The summed E-state index contributed by atoms with van der Waals surface area (Å²) in [5.41, 5.74) is 39.4. The highest BCUT2D eigenvalue weighted by Gasteiger charge is 2.46. The molecule has 4 nitrogen and oxygen atoms in total. The number of hydrogen-bond donors (Lipinski definition) is 0. The van der Waals surface area contributed by atoms with Crippen molar-refractivity contribution in [2.75, 3.05) is 9.80 Å². The van der Waals surface area contributed by atoms with Gasteiger partial charge in [0, 0.05) is 67.0 Å². The van der Waals surface area contributed by atoms with Gasteiger partial charge in [0.1, 0.15) is 0 Å². The van der Waals surface area contributed by atoms with E-state index in [1.165, 1.54) is 157 Å². The van der Waals surface area contributed by atoms with E-state index in [0.29, 0.717) is 0 Å². The molecule has 2 aliphatic carbocycles. The number of fused-ring (bicyclic) bond motifs is 12. The smallest absolute Gasteiger partial charge is 0.252 e. The fourth-order valence-corrected chi connectivity index (χ4v) is 20.2. The highest BCUT2D eigenvalue weighted by atomic mass is 15.2. The minimum Gasteiger partial charge on any atom is -0.311 e. The first kappa shape index (κ1) is 70.4. The summed E-state index contributed by atoms with van der Waals surface area (Å²) < 4.78 is 5.08. The number of anilines is 6. The molecule has 0 fully saturated rings. The molecule has 15 aromatic carbocycles. The Kier molecular flexibility index (Phi) is 16.0. The summed E-state index contributed by atoms with van der Waals surface area (Å²) in [5, 5.41) is 4.87. The van der Waals surface area contributed by atoms with Gasteiger partial charge in [0.05, 0.1) is 22.1 Å². The van der Waals surface area contributed by atoms with Gasteiger partial charge < -0.3 is 18.9 Å². The van der Waals surface area contributed by atoms with Crippen molar-refractivity contribution in [3.05, 3.63) is 355 Å². The molecule has 5 heteroatoms. The molecule has 2 aliphatic heterocycles. The molecule has 4 heterocycles. The van der Waals surface area contributed by atoms with Crippen LogP contribution in [0.5, 0.6) is 0 Å². The summed E-state index contributed by atoms with van der Waals surface area (Å²) in [6.07, 6.45) is 4.69. The summed E-state index contributed by atoms with van der Waals surface area (Å²) in [6, 6.07) is 126. The summed E-state index contributed by atoms with van der Waals surface area (Å²) in [4.78, 5) is 5.29. The van der Waals surface area contributed by atoms with E-state index in [1.54, 1.807) is 0 Å². The maximum Gasteiger partial charge on any atom is 0.252 e. The zero-order valence-corrected chi connectivity index (χ0v) is 67.9. The molecule has 0 unspecified atom stereocenters. The third-order valence-corrected chi connectivity index (χ3v) is 27.0. The highest BCUT2D eigenvalue weighted by molar-refractivity contribution is 7.00. The molecule has 17 aromatic rings. The molecule has 0 bridgehead atoms. The van der Waals surface area contributed by atoms with E-state index in [1.807, 2.05) is 0 Å². The Morgan fingerprint density at radius 1 is 0.243 bits per heavy atom. The van der Waals surface area contributed by atoms with Crippen molar-refractivity contribution in [3.8, 4) is 78.1 Å². The third kappa shape index (κ3) is 11.5. The third-order valence-electron chi connectivity index (χ3n) is 27.0. The predicted molar refractivity (Wildman–Crippen MR) is 491 cm³/mol. The molecule has 558 valence electrons. The van der Waals surface area contributed by atoms with Crippen LogP contribution in [0, 0.1) is 0 Å². The molecule has 0 atom stereocenters. The maximum atomic E-state index is 2.64. The van der Waals surface area contributed by atoms with E-state index in [9.17, 15) is 0 Å². The van der Waals surface area contributed by atoms with Crippen LogP contribution >= 0.6 is 0 Å². The monoisotopic (exact) mass is 1480 g/mol. The van der Waals surface area contributed by atoms with E-state index < -0.39 is 0 Å². The largest absolute Gasteiger partial charge is 0.311 e. The van der Waals surface area contributed by atoms with Crippen LogP contribution in [0.4, 0.5) is 34.1 Å². The van der Waals surface area contributed by atoms with Crippen molar-refractivity contribution in [1.29, 1.82) is 0 Å². The van der Waals surface area contributed by atoms with Gasteiger partial charge in [-0.3, -0.25) is 0 Å². The van der Waals surface area contributed by atoms with Crippen molar-refractivity contribution >= 4 is 101 Å². The number of aromatic nitrogens is 2. The van der Waals surface area contributed by atoms with Gasteiger partial charge in [0.25, 0.3) is 6.71 Å². The zero-order valence-electron chi connectivity index (χ0n) is 67.9. The van der Waals surface area contributed by atoms with Crippen LogP contribution in [-0.2, 0) is 27.1 Å². The van der Waals surface area contributed by atoms with Gasteiger partial charge >= 0.3 is 0 Å². The Balaban J connectivity index is 0.813. The van der Waals surface area contributed by atoms with Gasteiger partial charge in [0.2, 0.25) is 0 Å². The predicted octanol–water partition coefficient (Wildman–Crippen LogP) is 28.0. The molecule has 4 aliphatic rings. The van der Waals surface area contributed by atoms with Crippen molar-refractivity contribution in [2.45, 2.75) is 129 Å². The average Bonchev–Trinajstić information content (AvgIpc) is 1.61. The minimum atomic E-state index is -0.264. The Hall–Kier alpha value is -12.4. The van der Waals surface area contributed by atoms with Crippen LogP contribution in [-0.4, -0.2) is 15.8 Å². The second kappa shape index (κ2) is 26.1. The first-order chi connectivity index (χ1) is 55.6. The fraction of sp³-hybridized carbons (Fsp3) is 0.182. The lowest BCUT2D eigenvalue weighted by Crippen LogP contribution is -2.61. The van der Waals surface area contributed by atoms with Gasteiger partial charge in [0.15, 0.2) is 0 Å². The van der Waals surface area contributed by atoms with Crippen molar-refractivity contribution < 1.29 is 0 Å². The molecular formula is C110H95BN4. The van der Waals surface area contributed by atoms with E-state index in [4.69, 9.17) is 0 Å². The second-order valence-electron chi connectivity index (χ2n) is 37.0. The Bertz CT molecular complexity index is 6190. The molecule has 0 saturated heterocycles. The summed E-state index contributed by atoms with van der Waals surface area (Å²) in [6.45, 7) is 26.5. The fourth-order valence-electron chi connectivity index (χ4n) is 20.2. The lowest BCUT2D eigenvalue weighted by molar-refractivity contribution is 0.332. The number of nitrogens with zero attached hydrogens (tertiary/aromatic N) is 4. The van der Waals surface area contributed by atoms with Gasteiger partial charge in [-0.2, -0.15) is 0 Å². The molecular weight excluding hydrogens is 1390 g/mol. The van der Waals surface area contributed by atoms with E-state index in [0.717, 1.165) is 69.0 Å². The first-order valence-corrected chi connectivity index (χ1v) is 41.6. The van der Waals surface area contributed by atoms with Crippen LogP contribution in [0.15, 0.2) is 328 Å². The highest BCUT2D eigenvalue weighted by Crippen LogP contribution is 2.53. The van der Waals surface area contributed by atoms with Crippen molar-refractivity contribution in [3.63, 3.8) is 0 Å².